The van der Waals surface area contributed by atoms with Gasteiger partial charge in [-0.2, -0.15) is 0 Å². The highest BCUT2D eigenvalue weighted by Crippen LogP contribution is 2.24. The predicted octanol–water partition coefficient (Wildman–Crippen LogP) is 3.14. The van der Waals surface area contributed by atoms with E-state index in [0.717, 1.165) is 0 Å². The van der Waals surface area contributed by atoms with Crippen molar-refractivity contribution in [3.05, 3.63) is 46.3 Å². The van der Waals surface area contributed by atoms with Gasteiger partial charge in [0.15, 0.2) is 0 Å². The number of para-hydroxylation sites is 1. The Kier molecular flexibility index (Phi) is 4.85. The third-order valence-electron chi connectivity index (χ3n) is 2.98. The number of aromatic nitrogens is 1. The standard InChI is InChI=1S/C15H17ClN2O3/c1-9(20-13-7-5-4-6-12(13)16)8-17-15(19)14-10(2)18-21-11(14)3/h4-7,9H,8H2,1-3H3,(H,17,19)/t9-/m1/s1. The van der Waals surface area contributed by atoms with Gasteiger partial charge in [-0.1, -0.05) is 28.9 Å². The molecule has 1 amide bonds. The lowest BCUT2D eigenvalue weighted by Crippen LogP contribution is -2.34. The first-order valence-corrected chi connectivity index (χ1v) is 6.99. The van der Waals surface area contributed by atoms with Gasteiger partial charge in [-0.3, -0.25) is 4.79 Å². The summed E-state index contributed by atoms with van der Waals surface area (Å²) in [5, 5.41) is 7.10. The van der Waals surface area contributed by atoms with Gasteiger partial charge < -0.3 is 14.6 Å². The smallest absolute Gasteiger partial charge is 0.256 e. The molecule has 0 bridgehead atoms. The van der Waals surface area contributed by atoms with Gasteiger partial charge in [0.2, 0.25) is 0 Å². The van der Waals surface area contributed by atoms with Gasteiger partial charge in [0.05, 0.1) is 17.3 Å². The second kappa shape index (κ2) is 6.63. The Hall–Kier alpha value is -2.01. The maximum Gasteiger partial charge on any atom is 0.256 e. The number of ether oxygens (including phenoxy) is 1. The Labute approximate surface area is 128 Å². The molecular weight excluding hydrogens is 292 g/mol. The first kappa shape index (κ1) is 15.4. The Morgan fingerprint density at radius 1 is 1.43 bits per heavy atom. The second-order valence-electron chi connectivity index (χ2n) is 4.77. The van der Waals surface area contributed by atoms with Crippen molar-refractivity contribution in [2.75, 3.05) is 6.54 Å². The van der Waals surface area contributed by atoms with E-state index in [1.54, 1.807) is 26.0 Å². The molecule has 1 heterocycles. The van der Waals surface area contributed by atoms with Gasteiger partial charge in [-0.15, -0.1) is 0 Å². The van der Waals surface area contributed by atoms with Crippen LogP contribution in [0, 0.1) is 13.8 Å². The van der Waals surface area contributed by atoms with Crippen molar-refractivity contribution in [1.29, 1.82) is 0 Å². The summed E-state index contributed by atoms with van der Waals surface area (Å²) < 4.78 is 10.7. The average Bonchev–Trinajstić information content (AvgIpc) is 2.78. The molecule has 1 aromatic carbocycles. The quantitative estimate of drug-likeness (QED) is 0.921. The maximum atomic E-state index is 12.1. The largest absolute Gasteiger partial charge is 0.487 e. The van der Waals surface area contributed by atoms with E-state index in [-0.39, 0.29) is 12.0 Å². The fourth-order valence-electron chi connectivity index (χ4n) is 1.93. The van der Waals surface area contributed by atoms with Crippen molar-refractivity contribution in [3.63, 3.8) is 0 Å². The number of aryl methyl sites for hydroxylation is 2. The normalized spacial score (nSPS) is 12.0. The summed E-state index contributed by atoms with van der Waals surface area (Å²) in [7, 11) is 0. The van der Waals surface area contributed by atoms with Crippen LogP contribution in [-0.4, -0.2) is 23.7 Å². The fraction of sp³-hybridized carbons (Fsp3) is 0.333. The van der Waals surface area contributed by atoms with Crippen LogP contribution in [0.5, 0.6) is 5.75 Å². The van der Waals surface area contributed by atoms with Crippen molar-refractivity contribution < 1.29 is 14.1 Å². The molecule has 5 nitrogen and oxygen atoms in total. The molecule has 112 valence electrons. The first-order chi connectivity index (χ1) is 9.99. The molecule has 0 spiro atoms. The van der Waals surface area contributed by atoms with Gasteiger partial charge >= 0.3 is 0 Å². The van der Waals surface area contributed by atoms with Gasteiger partial charge in [0, 0.05) is 0 Å². The summed E-state index contributed by atoms with van der Waals surface area (Å²) in [5.41, 5.74) is 1.05. The third-order valence-corrected chi connectivity index (χ3v) is 3.29. The zero-order valence-electron chi connectivity index (χ0n) is 12.1. The molecule has 0 saturated heterocycles. The SMILES string of the molecule is Cc1noc(C)c1C(=O)NC[C@@H](C)Oc1ccccc1Cl. The predicted molar refractivity (Wildman–Crippen MR) is 79.9 cm³/mol. The van der Waals surface area contributed by atoms with Crippen LogP contribution in [0.2, 0.25) is 5.02 Å². The Bertz CT molecular complexity index is 620. The number of carbonyl (C=O) groups is 1. The minimum absolute atomic E-state index is 0.214. The third kappa shape index (κ3) is 3.76. The number of amides is 1. The molecule has 6 heteroatoms. The molecule has 1 atom stereocenters. The molecular formula is C15H17ClN2O3. The van der Waals surface area contributed by atoms with Gasteiger partial charge in [-0.05, 0) is 32.9 Å². The van der Waals surface area contributed by atoms with Crippen LogP contribution in [0.3, 0.4) is 0 Å². The highest BCUT2D eigenvalue weighted by molar-refractivity contribution is 6.32. The van der Waals surface area contributed by atoms with Crippen molar-refractivity contribution in [3.8, 4) is 5.75 Å². The summed E-state index contributed by atoms with van der Waals surface area (Å²) in [6.45, 7) is 5.65. The Balaban J connectivity index is 1.91. The van der Waals surface area contributed by atoms with E-state index in [0.29, 0.717) is 34.3 Å². The van der Waals surface area contributed by atoms with Crippen molar-refractivity contribution >= 4 is 17.5 Å². The molecule has 1 aromatic heterocycles. The van der Waals surface area contributed by atoms with Gasteiger partial charge in [0.25, 0.3) is 5.91 Å². The van der Waals surface area contributed by atoms with Crippen LogP contribution in [0.25, 0.3) is 0 Å². The summed E-state index contributed by atoms with van der Waals surface area (Å²) in [4.78, 5) is 12.1. The number of halogens is 1. The van der Waals surface area contributed by atoms with Crippen LogP contribution >= 0.6 is 11.6 Å². The van der Waals surface area contributed by atoms with E-state index < -0.39 is 0 Å². The summed E-state index contributed by atoms with van der Waals surface area (Å²) >= 11 is 6.02. The molecule has 2 aromatic rings. The lowest BCUT2D eigenvalue weighted by atomic mass is 10.2. The number of hydrogen-bond acceptors (Lipinski definition) is 4. The van der Waals surface area contributed by atoms with Crippen molar-refractivity contribution in [1.82, 2.24) is 10.5 Å². The molecule has 2 rings (SSSR count). The van der Waals surface area contributed by atoms with Crippen LogP contribution < -0.4 is 10.1 Å². The lowest BCUT2D eigenvalue weighted by molar-refractivity contribution is 0.0930. The number of nitrogens with zero attached hydrogens (tertiary/aromatic N) is 1. The summed E-state index contributed by atoms with van der Waals surface area (Å²) in [5.74, 6) is 0.879. The van der Waals surface area contributed by atoms with E-state index >= 15 is 0 Å². The number of nitrogens with one attached hydrogen (secondary N) is 1. The van der Waals surface area contributed by atoms with E-state index in [4.69, 9.17) is 20.9 Å². The van der Waals surface area contributed by atoms with Crippen LogP contribution in [0.15, 0.2) is 28.8 Å². The minimum Gasteiger partial charge on any atom is -0.487 e. The molecule has 0 unspecified atom stereocenters. The van der Waals surface area contributed by atoms with Crippen molar-refractivity contribution in [2.24, 2.45) is 0 Å². The van der Waals surface area contributed by atoms with E-state index in [2.05, 4.69) is 10.5 Å². The highest BCUT2D eigenvalue weighted by atomic mass is 35.5. The molecule has 0 fully saturated rings. The van der Waals surface area contributed by atoms with Gasteiger partial charge in [-0.25, -0.2) is 0 Å². The molecule has 0 saturated carbocycles. The van der Waals surface area contributed by atoms with Crippen LogP contribution in [-0.2, 0) is 0 Å². The minimum atomic E-state index is -0.221. The molecule has 0 aliphatic carbocycles. The fourth-order valence-corrected chi connectivity index (χ4v) is 2.11. The average molecular weight is 309 g/mol. The molecule has 21 heavy (non-hydrogen) atoms. The van der Waals surface area contributed by atoms with Gasteiger partial charge in [0.1, 0.15) is 23.2 Å². The topological polar surface area (TPSA) is 64.4 Å². The monoisotopic (exact) mass is 308 g/mol. The highest BCUT2D eigenvalue weighted by Gasteiger charge is 2.18. The van der Waals surface area contributed by atoms with E-state index in [1.165, 1.54) is 0 Å². The summed E-state index contributed by atoms with van der Waals surface area (Å²) in [6.07, 6.45) is -0.214. The first-order valence-electron chi connectivity index (χ1n) is 6.61. The lowest BCUT2D eigenvalue weighted by Gasteiger charge is -2.16. The van der Waals surface area contributed by atoms with Crippen LogP contribution in [0.1, 0.15) is 28.7 Å². The zero-order chi connectivity index (χ0) is 15.4. The summed E-state index contributed by atoms with van der Waals surface area (Å²) in [6, 6.07) is 7.22. The molecule has 0 aliphatic heterocycles. The molecule has 0 radical (unpaired) electrons. The Morgan fingerprint density at radius 3 is 2.76 bits per heavy atom. The number of rotatable bonds is 5. The zero-order valence-corrected chi connectivity index (χ0v) is 12.9. The molecule has 1 N–H and O–H groups in total. The maximum absolute atomic E-state index is 12.1. The van der Waals surface area contributed by atoms with Crippen LogP contribution in [0.4, 0.5) is 0 Å². The number of hydrogen-bond donors (Lipinski definition) is 1. The second-order valence-corrected chi connectivity index (χ2v) is 5.18. The van der Waals surface area contributed by atoms with E-state index in [1.807, 2.05) is 19.1 Å². The number of benzene rings is 1. The van der Waals surface area contributed by atoms with E-state index in [9.17, 15) is 4.79 Å². The molecule has 0 aliphatic rings. The van der Waals surface area contributed by atoms with Crippen molar-refractivity contribution in [2.45, 2.75) is 26.9 Å². The number of carbonyl (C=O) groups excluding carboxylic acids is 1. The Morgan fingerprint density at radius 2 is 2.14 bits per heavy atom.